The van der Waals surface area contributed by atoms with Crippen LogP contribution in [0.5, 0.6) is 0 Å². The van der Waals surface area contributed by atoms with E-state index in [1.165, 1.54) is 38.5 Å². The predicted octanol–water partition coefficient (Wildman–Crippen LogP) is 4.82. The van der Waals surface area contributed by atoms with Crippen LogP contribution in [0.3, 0.4) is 0 Å². The van der Waals surface area contributed by atoms with Crippen LogP contribution in [0.15, 0.2) is 24.5 Å². The molecule has 0 amide bonds. The molecule has 1 aromatic rings. The second kappa shape index (κ2) is 6.39. The standard InChI is InChI=1S/C26H35NO2/c1-25-10-8-17-18-9-11-26(29)14-23(26)20(18)5-4-19(17)21(25)6-7-22(25)24(28)13-16-3-2-12-27-15-16/h2-3,12,15,17-23,29H,4-11,13-14H2,1H3. The van der Waals surface area contributed by atoms with Crippen LogP contribution in [-0.2, 0) is 11.2 Å². The summed E-state index contributed by atoms with van der Waals surface area (Å²) in [6.45, 7) is 2.46. The number of fused-ring (bicyclic) bond motifs is 7. The van der Waals surface area contributed by atoms with E-state index in [-0.39, 0.29) is 16.9 Å². The molecule has 1 heterocycles. The van der Waals surface area contributed by atoms with E-state index in [1.54, 1.807) is 6.20 Å². The number of rotatable bonds is 3. The summed E-state index contributed by atoms with van der Waals surface area (Å²) in [6, 6.07) is 3.98. The Morgan fingerprint density at radius 2 is 1.79 bits per heavy atom. The molecule has 3 heteroatoms. The summed E-state index contributed by atoms with van der Waals surface area (Å²) in [5.74, 6) is 5.40. The zero-order valence-corrected chi connectivity index (χ0v) is 17.7. The largest absolute Gasteiger partial charge is 0.390 e. The Kier molecular flexibility index (Phi) is 4.08. The number of aromatic nitrogens is 1. The summed E-state index contributed by atoms with van der Waals surface area (Å²) in [5, 5.41) is 10.6. The smallest absolute Gasteiger partial charge is 0.140 e. The molecule has 5 fully saturated rings. The first-order chi connectivity index (χ1) is 14.0. The second-order valence-corrected chi connectivity index (χ2v) is 11.5. The van der Waals surface area contributed by atoms with Gasteiger partial charge in [0, 0.05) is 24.7 Å². The van der Waals surface area contributed by atoms with Crippen molar-refractivity contribution in [1.82, 2.24) is 4.98 Å². The third-order valence-corrected chi connectivity index (χ3v) is 10.4. The molecule has 0 aliphatic heterocycles. The summed E-state index contributed by atoms with van der Waals surface area (Å²) < 4.78 is 0. The van der Waals surface area contributed by atoms with E-state index >= 15 is 0 Å². The molecule has 0 saturated heterocycles. The molecule has 9 unspecified atom stereocenters. The van der Waals surface area contributed by atoms with Gasteiger partial charge in [0.25, 0.3) is 0 Å². The molecular formula is C26H35NO2. The van der Waals surface area contributed by atoms with Gasteiger partial charge in [-0.05, 0) is 110 Å². The maximum absolute atomic E-state index is 13.3. The Balaban J connectivity index is 1.20. The second-order valence-electron chi connectivity index (χ2n) is 11.5. The van der Waals surface area contributed by atoms with Crippen LogP contribution in [-0.4, -0.2) is 21.5 Å². The third kappa shape index (κ3) is 2.72. The summed E-state index contributed by atoms with van der Waals surface area (Å²) in [7, 11) is 0. The van der Waals surface area contributed by atoms with Gasteiger partial charge < -0.3 is 5.11 Å². The number of carbonyl (C=O) groups excluding carboxylic acids is 1. The highest BCUT2D eigenvalue weighted by atomic mass is 16.3. The minimum atomic E-state index is -0.269. The molecular weight excluding hydrogens is 358 g/mol. The minimum absolute atomic E-state index is 0.211. The minimum Gasteiger partial charge on any atom is -0.390 e. The van der Waals surface area contributed by atoms with E-state index in [9.17, 15) is 9.90 Å². The summed E-state index contributed by atoms with van der Waals surface area (Å²) >= 11 is 0. The van der Waals surface area contributed by atoms with Gasteiger partial charge in [0.2, 0.25) is 0 Å². The first kappa shape index (κ1) is 18.5. The lowest BCUT2D eigenvalue weighted by Gasteiger charge is -2.56. The van der Waals surface area contributed by atoms with Gasteiger partial charge in [0.1, 0.15) is 5.78 Å². The summed E-state index contributed by atoms with van der Waals surface area (Å²) in [6.07, 6.45) is 15.2. The molecule has 0 aromatic carbocycles. The number of Topliss-reactive ketones (excluding diaryl/α,β-unsaturated/α-hetero) is 1. The lowest BCUT2D eigenvalue weighted by molar-refractivity contribution is -0.130. The molecule has 1 aromatic heterocycles. The topological polar surface area (TPSA) is 50.2 Å². The molecule has 29 heavy (non-hydrogen) atoms. The molecule has 0 spiro atoms. The Morgan fingerprint density at radius 3 is 2.55 bits per heavy atom. The number of ketones is 1. The number of hydrogen-bond donors (Lipinski definition) is 1. The van der Waals surface area contributed by atoms with E-state index in [0.717, 1.165) is 54.4 Å². The molecule has 1 N–H and O–H groups in total. The van der Waals surface area contributed by atoms with Crippen LogP contribution in [0.4, 0.5) is 0 Å². The van der Waals surface area contributed by atoms with Crippen LogP contribution < -0.4 is 0 Å². The fraction of sp³-hybridized carbons (Fsp3) is 0.769. The van der Waals surface area contributed by atoms with Crippen molar-refractivity contribution in [2.45, 2.75) is 76.7 Å². The van der Waals surface area contributed by atoms with E-state index in [2.05, 4.69) is 11.9 Å². The Labute approximate surface area is 174 Å². The molecule has 0 bridgehead atoms. The van der Waals surface area contributed by atoms with Crippen molar-refractivity contribution in [2.24, 2.45) is 46.8 Å². The van der Waals surface area contributed by atoms with Gasteiger partial charge in [-0.15, -0.1) is 0 Å². The summed E-state index contributed by atoms with van der Waals surface area (Å²) in [5.41, 5.74) is 1.01. The van der Waals surface area contributed by atoms with Crippen molar-refractivity contribution in [3.05, 3.63) is 30.1 Å². The van der Waals surface area contributed by atoms with E-state index in [1.807, 2.05) is 18.3 Å². The van der Waals surface area contributed by atoms with Crippen molar-refractivity contribution in [1.29, 1.82) is 0 Å². The normalized spacial score (nSPS) is 50.1. The number of nitrogens with zero attached hydrogens (tertiary/aromatic N) is 1. The van der Waals surface area contributed by atoms with Crippen LogP contribution in [0, 0.1) is 46.8 Å². The zero-order chi connectivity index (χ0) is 19.8. The molecule has 156 valence electrons. The van der Waals surface area contributed by atoms with Crippen molar-refractivity contribution < 1.29 is 9.90 Å². The highest BCUT2D eigenvalue weighted by molar-refractivity contribution is 5.84. The van der Waals surface area contributed by atoms with Gasteiger partial charge in [0.05, 0.1) is 5.60 Å². The first-order valence-corrected chi connectivity index (χ1v) is 12.1. The highest BCUT2D eigenvalue weighted by Crippen LogP contribution is 2.68. The molecule has 9 atom stereocenters. The van der Waals surface area contributed by atoms with Crippen molar-refractivity contribution >= 4 is 5.78 Å². The SMILES string of the molecule is CC12CCC3C4CCC5(O)CC5C4CCC3C1CCC2C(=O)Cc1cccnc1. The Hall–Kier alpha value is -1.22. The number of aliphatic hydroxyl groups is 1. The fourth-order valence-corrected chi connectivity index (χ4v) is 9.04. The van der Waals surface area contributed by atoms with Crippen LogP contribution in [0.2, 0.25) is 0 Å². The van der Waals surface area contributed by atoms with Gasteiger partial charge in [-0.25, -0.2) is 0 Å². The monoisotopic (exact) mass is 393 g/mol. The molecule has 3 nitrogen and oxygen atoms in total. The van der Waals surface area contributed by atoms with Gasteiger partial charge >= 0.3 is 0 Å². The number of hydrogen-bond acceptors (Lipinski definition) is 3. The highest BCUT2D eigenvalue weighted by Gasteiger charge is 2.65. The Bertz CT molecular complexity index is 808. The van der Waals surface area contributed by atoms with E-state index in [0.29, 0.717) is 18.1 Å². The predicted molar refractivity (Wildman–Crippen MR) is 112 cm³/mol. The lowest BCUT2D eigenvalue weighted by Crippen LogP contribution is -2.50. The first-order valence-electron chi connectivity index (χ1n) is 12.1. The molecule has 5 saturated carbocycles. The van der Waals surface area contributed by atoms with E-state index < -0.39 is 0 Å². The Morgan fingerprint density at radius 1 is 1.03 bits per heavy atom. The van der Waals surface area contributed by atoms with Gasteiger partial charge in [-0.2, -0.15) is 0 Å². The van der Waals surface area contributed by atoms with Gasteiger partial charge in [-0.1, -0.05) is 13.0 Å². The van der Waals surface area contributed by atoms with Crippen molar-refractivity contribution in [2.75, 3.05) is 0 Å². The van der Waals surface area contributed by atoms with E-state index in [4.69, 9.17) is 0 Å². The van der Waals surface area contributed by atoms with Crippen LogP contribution in [0.1, 0.15) is 70.3 Å². The summed E-state index contributed by atoms with van der Waals surface area (Å²) in [4.78, 5) is 17.5. The molecule has 5 aliphatic rings. The number of pyridine rings is 1. The number of carbonyl (C=O) groups is 1. The molecule has 6 rings (SSSR count). The van der Waals surface area contributed by atoms with Crippen LogP contribution in [0.25, 0.3) is 0 Å². The van der Waals surface area contributed by atoms with Gasteiger partial charge in [-0.3, -0.25) is 9.78 Å². The van der Waals surface area contributed by atoms with Crippen molar-refractivity contribution in [3.8, 4) is 0 Å². The molecule has 5 aliphatic carbocycles. The maximum Gasteiger partial charge on any atom is 0.140 e. The zero-order valence-electron chi connectivity index (χ0n) is 17.7. The quantitative estimate of drug-likeness (QED) is 0.801. The average molecular weight is 394 g/mol. The van der Waals surface area contributed by atoms with Crippen molar-refractivity contribution in [3.63, 3.8) is 0 Å². The molecule has 0 radical (unpaired) electrons. The van der Waals surface area contributed by atoms with Gasteiger partial charge in [0.15, 0.2) is 0 Å². The fourth-order valence-electron chi connectivity index (χ4n) is 9.04. The third-order valence-electron chi connectivity index (χ3n) is 10.4. The maximum atomic E-state index is 13.3. The average Bonchev–Trinajstić information content (AvgIpc) is 3.29. The lowest BCUT2D eigenvalue weighted by atomic mass is 9.49. The van der Waals surface area contributed by atoms with Crippen LogP contribution >= 0.6 is 0 Å².